The Morgan fingerprint density at radius 1 is 1.20 bits per heavy atom. The van der Waals surface area contributed by atoms with Crippen molar-refractivity contribution in [1.29, 1.82) is 0 Å². The number of nitrogens with one attached hydrogen (secondary N) is 2. The number of fused-ring (bicyclic) bond motifs is 1. The van der Waals surface area contributed by atoms with Crippen LogP contribution >= 0.6 is 0 Å². The lowest BCUT2D eigenvalue weighted by Gasteiger charge is -2.46. The molecule has 35 heavy (non-hydrogen) atoms. The van der Waals surface area contributed by atoms with Crippen molar-refractivity contribution in [1.82, 2.24) is 15.5 Å². The summed E-state index contributed by atoms with van der Waals surface area (Å²) in [6.45, 7) is 10.1. The maximum absolute atomic E-state index is 12.2. The number of unbranched alkanes of at least 4 members (excludes halogenated alkanes) is 3. The second kappa shape index (κ2) is 12.4. The zero-order valence-electron chi connectivity index (χ0n) is 21.5. The summed E-state index contributed by atoms with van der Waals surface area (Å²) in [5.74, 6) is 0.799. The Kier molecular flexibility index (Phi) is 10.1. The van der Waals surface area contributed by atoms with Gasteiger partial charge in [0.2, 0.25) is 0 Å². The summed E-state index contributed by atoms with van der Waals surface area (Å²) >= 11 is 0. The zero-order valence-corrected chi connectivity index (χ0v) is 21.5. The van der Waals surface area contributed by atoms with E-state index >= 15 is 0 Å². The van der Waals surface area contributed by atoms with E-state index in [1.807, 2.05) is 20.8 Å². The van der Waals surface area contributed by atoms with Crippen molar-refractivity contribution < 1.29 is 29.3 Å². The number of aliphatic imine (C=N–C) groups is 2. The first-order chi connectivity index (χ1) is 16.3. The Balaban J connectivity index is 1.70. The number of hydrogen-bond donors (Lipinski definition) is 5. The van der Waals surface area contributed by atoms with Crippen LogP contribution in [0.5, 0.6) is 0 Å². The van der Waals surface area contributed by atoms with Gasteiger partial charge in [-0.1, -0.05) is 12.8 Å². The normalized spacial score (nSPS) is 26.6. The quantitative estimate of drug-likeness (QED) is 0.169. The first-order valence-corrected chi connectivity index (χ1v) is 12.2. The van der Waals surface area contributed by atoms with Crippen LogP contribution in [0.4, 0.5) is 9.59 Å². The van der Waals surface area contributed by atoms with E-state index in [1.165, 1.54) is 0 Å². The van der Waals surface area contributed by atoms with E-state index in [0.29, 0.717) is 31.9 Å². The molecular formula is C23H42N6O6. The number of aliphatic hydroxyl groups excluding tert-OH is 1. The number of nitrogens with zero attached hydrogens (tertiary/aromatic N) is 3. The van der Waals surface area contributed by atoms with Crippen LogP contribution in [0.2, 0.25) is 0 Å². The van der Waals surface area contributed by atoms with Gasteiger partial charge in [0.15, 0.2) is 5.72 Å². The smallest absolute Gasteiger partial charge is 0.407 e. The minimum absolute atomic E-state index is 0.107. The standard InChI is InChI=1S/C23H42N6O6/c1-15(24)27-19-17(28-16(2)29-13-10-18(30)23(19,29)33)14-34-20(31)25-11-8-6-7-9-12-26-21(32)35-22(3,4)5/h17-19,30,33H,6-14H2,1-5H3,(H2,24,27)(H,25,31)(H,26,32). The van der Waals surface area contributed by atoms with Gasteiger partial charge in [-0.25, -0.2) is 9.59 Å². The van der Waals surface area contributed by atoms with Crippen LogP contribution in [0, 0.1) is 0 Å². The number of aliphatic hydroxyl groups is 2. The van der Waals surface area contributed by atoms with Gasteiger partial charge in [0.1, 0.15) is 30.4 Å². The van der Waals surface area contributed by atoms with Gasteiger partial charge in [0.25, 0.3) is 0 Å². The fraction of sp³-hybridized carbons (Fsp3) is 0.826. The second-order valence-corrected chi connectivity index (χ2v) is 10.1. The van der Waals surface area contributed by atoms with Gasteiger partial charge in [-0.2, -0.15) is 0 Å². The summed E-state index contributed by atoms with van der Waals surface area (Å²) in [7, 11) is 0. The molecule has 4 atom stereocenters. The van der Waals surface area contributed by atoms with Gasteiger partial charge in [-0.05, 0) is 53.9 Å². The molecule has 0 aliphatic carbocycles. The summed E-state index contributed by atoms with van der Waals surface area (Å²) in [5.41, 5.74) is 3.61. The molecule has 0 radical (unpaired) electrons. The maximum Gasteiger partial charge on any atom is 0.407 e. The number of hydrogen-bond acceptors (Lipinski definition) is 9. The number of alkyl carbamates (subject to hydrolysis) is 2. The minimum Gasteiger partial charge on any atom is -0.447 e. The number of nitrogens with two attached hydrogens (primary N) is 1. The third kappa shape index (κ3) is 8.24. The van der Waals surface area contributed by atoms with Crippen LogP contribution in [0.3, 0.4) is 0 Å². The number of ether oxygens (including phenoxy) is 2. The van der Waals surface area contributed by atoms with Gasteiger partial charge < -0.3 is 41.0 Å². The largest absolute Gasteiger partial charge is 0.447 e. The third-order valence-corrected chi connectivity index (χ3v) is 5.86. The molecule has 2 aliphatic heterocycles. The Labute approximate surface area is 207 Å². The summed E-state index contributed by atoms with van der Waals surface area (Å²) in [5, 5.41) is 27.2. The molecular weight excluding hydrogens is 456 g/mol. The van der Waals surface area contributed by atoms with Crippen LogP contribution < -0.4 is 16.4 Å². The van der Waals surface area contributed by atoms with Crippen LogP contribution in [0.25, 0.3) is 0 Å². The molecule has 0 aromatic rings. The average molecular weight is 499 g/mol. The first kappa shape index (κ1) is 28.6. The molecule has 4 unspecified atom stereocenters. The minimum atomic E-state index is -1.64. The summed E-state index contributed by atoms with van der Waals surface area (Å²) < 4.78 is 10.5. The lowest BCUT2D eigenvalue weighted by Crippen LogP contribution is -2.66. The van der Waals surface area contributed by atoms with Crippen LogP contribution in [-0.2, 0) is 9.47 Å². The predicted octanol–water partition coefficient (Wildman–Crippen LogP) is 1.10. The number of carbonyl (C=O) groups excluding carboxylic acids is 2. The molecule has 0 bridgehead atoms. The molecule has 1 saturated heterocycles. The lowest BCUT2D eigenvalue weighted by atomic mass is 9.91. The average Bonchev–Trinajstić information content (AvgIpc) is 3.05. The van der Waals surface area contributed by atoms with E-state index in [2.05, 4.69) is 20.6 Å². The summed E-state index contributed by atoms with van der Waals surface area (Å²) in [4.78, 5) is 34.2. The SMILES string of the molecule is CC(N)=NC1C(COC(=O)NCCCCCCNC(=O)OC(C)(C)C)N=C(C)N2CCC(O)C12O. The fourth-order valence-corrected chi connectivity index (χ4v) is 4.30. The van der Waals surface area contributed by atoms with Crippen molar-refractivity contribution in [3.8, 4) is 0 Å². The maximum atomic E-state index is 12.2. The van der Waals surface area contributed by atoms with Crippen molar-refractivity contribution in [3.63, 3.8) is 0 Å². The lowest BCUT2D eigenvalue weighted by molar-refractivity contribution is -0.142. The van der Waals surface area contributed by atoms with Crippen molar-refractivity contribution >= 4 is 23.9 Å². The van der Waals surface area contributed by atoms with E-state index in [-0.39, 0.29) is 12.4 Å². The highest BCUT2D eigenvalue weighted by Gasteiger charge is 2.58. The van der Waals surface area contributed by atoms with Crippen LogP contribution in [0.1, 0.15) is 66.7 Å². The molecule has 0 saturated carbocycles. The molecule has 2 rings (SSSR count). The van der Waals surface area contributed by atoms with Gasteiger partial charge in [0.05, 0.1) is 11.7 Å². The first-order valence-electron chi connectivity index (χ1n) is 12.2. The van der Waals surface area contributed by atoms with Crippen molar-refractivity contribution in [2.24, 2.45) is 15.7 Å². The zero-order chi connectivity index (χ0) is 26.2. The predicted molar refractivity (Wildman–Crippen MR) is 132 cm³/mol. The molecule has 12 heteroatoms. The van der Waals surface area contributed by atoms with Crippen molar-refractivity contribution in [2.75, 3.05) is 26.2 Å². The van der Waals surface area contributed by atoms with Crippen molar-refractivity contribution in [2.45, 2.75) is 96.2 Å². The van der Waals surface area contributed by atoms with Crippen molar-refractivity contribution in [3.05, 3.63) is 0 Å². The van der Waals surface area contributed by atoms with Crippen LogP contribution in [-0.4, -0.2) is 94.7 Å². The highest BCUT2D eigenvalue weighted by molar-refractivity contribution is 5.83. The number of amidine groups is 2. The molecule has 0 aromatic heterocycles. The fourth-order valence-electron chi connectivity index (χ4n) is 4.30. The van der Waals surface area contributed by atoms with E-state index in [9.17, 15) is 19.8 Å². The van der Waals surface area contributed by atoms with E-state index in [1.54, 1.807) is 18.7 Å². The Morgan fingerprint density at radius 3 is 2.37 bits per heavy atom. The monoisotopic (exact) mass is 498 g/mol. The molecule has 200 valence electrons. The topological polar surface area (TPSA) is 171 Å². The summed E-state index contributed by atoms with van der Waals surface area (Å²) in [6.07, 6.45) is 1.73. The molecule has 0 spiro atoms. The number of rotatable bonds is 10. The van der Waals surface area contributed by atoms with E-state index in [4.69, 9.17) is 15.2 Å². The highest BCUT2D eigenvalue weighted by atomic mass is 16.6. The molecule has 6 N–H and O–H groups in total. The Bertz CT molecular complexity index is 794. The van der Waals surface area contributed by atoms with Gasteiger partial charge in [-0.3, -0.25) is 9.98 Å². The highest BCUT2D eigenvalue weighted by Crippen LogP contribution is 2.38. The number of carbonyl (C=O) groups is 2. The molecule has 1 fully saturated rings. The molecule has 2 heterocycles. The van der Waals surface area contributed by atoms with E-state index in [0.717, 1.165) is 25.7 Å². The van der Waals surface area contributed by atoms with Crippen LogP contribution in [0.15, 0.2) is 9.98 Å². The van der Waals surface area contributed by atoms with Gasteiger partial charge in [0, 0.05) is 19.6 Å². The molecule has 12 nitrogen and oxygen atoms in total. The molecule has 2 amide bonds. The van der Waals surface area contributed by atoms with Gasteiger partial charge in [-0.15, -0.1) is 0 Å². The second-order valence-electron chi connectivity index (χ2n) is 10.1. The number of amides is 2. The molecule has 2 aliphatic rings. The Morgan fingerprint density at radius 2 is 1.80 bits per heavy atom. The van der Waals surface area contributed by atoms with E-state index < -0.39 is 41.7 Å². The van der Waals surface area contributed by atoms with Gasteiger partial charge >= 0.3 is 12.2 Å². The Hall–Kier alpha value is -2.60. The summed E-state index contributed by atoms with van der Waals surface area (Å²) in [6, 6.07) is -1.54. The molecule has 0 aromatic carbocycles. The third-order valence-electron chi connectivity index (χ3n) is 5.86.